The monoisotopic (exact) mass is 316 g/mol. The van der Waals surface area contributed by atoms with Crippen molar-refractivity contribution < 1.29 is 9.50 Å². The summed E-state index contributed by atoms with van der Waals surface area (Å²) in [7, 11) is 0. The molecule has 5 nitrogen and oxygen atoms in total. The van der Waals surface area contributed by atoms with Crippen LogP contribution >= 0.6 is 0 Å². The number of aliphatic hydroxyl groups excluding tert-OH is 1. The number of hydrogen-bond donors (Lipinski definition) is 1. The fraction of sp³-hybridized carbons (Fsp3) is 0.471. The van der Waals surface area contributed by atoms with Crippen LogP contribution in [0.1, 0.15) is 43.3 Å². The van der Waals surface area contributed by atoms with Gasteiger partial charge in [-0.3, -0.25) is 0 Å². The van der Waals surface area contributed by atoms with E-state index in [0.717, 1.165) is 29.8 Å². The Balaban J connectivity index is 1.94. The number of rotatable bonds is 4. The van der Waals surface area contributed by atoms with E-state index in [2.05, 4.69) is 15.2 Å². The van der Waals surface area contributed by atoms with Crippen LogP contribution in [-0.4, -0.2) is 32.9 Å². The number of benzene rings is 1. The predicted molar refractivity (Wildman–Crippen MR) is 85.7 cm³/mol. The largest absolute Gasteiger partial charge is 0.391 e. The summed E-state index contributed by atoms with van der Waals surface area (Å²) in [5, 5.41) is 18.6. The van der Waals surface area contributed by atoms with E-state index >= 15 is 0 Å². The first-order chi connectivity index (χ1) is 11.1. The fourth-order valence-electron chi connectivity index (χ4n) is 3.09. The van der Waals surface area contributed by atoms with Crippen LogP contribution in [0.15, 0.2) is 24.3 Å². The summed E-state index contributed by atoms with van der Waals surface area (Å²) in [6, 6.07) is 6.31. The summed E-state index contributed by atoms with van der Waals surface area (Å²) < 4.78 is 13.2. The molecule has 1 saturated heterocycles. The molecule has 0 radical (unpaired) electrons. The Morgan fingerprint density at radius 1 is 1.13 bits per heavy atom. The molecule has 1 aromatic heterocycles. The summed E-state index contributed by atoms with van der Waals surface area (Å²) in [6.07, 6.45) is 1.72. The zero-order chi connectivity index (χ0) is 16.4. The van der Waals surface area contributed by atoms with Crippen LogP contribution in [-0.2, 0) is 12.8 Å². The minimum Gasteiger partial charge on any atom is -0.391 e. The number of anilines is 1. The molecule has 1 aromatic carbocycles. The Hall–Kier alpha value is -2.08. The van der Waals surface area contributed by atoms with Crippen LogP contribution in [0.4, 0.5) is 10.3 Å². The summed E-state index contributed by atoms with van der Waals surface area (Å²) in [6.45, 7) is 4.53. The lowest BCUT2D eigenvalue weighted by Gasteiger charge is -2.24. The van der Waals surface area contributed by atoms with Gasteiger partial charge in [0.05, 0.1) is 23.5 Å². The maximum absolute atomic E-state index is 13.2. The number of aryl methyl sites for hydroxylation is 2. The van der Waals surface area contributed by atoms with Crippen LogP contribution in [0.2, 0.25) is 0 Å². The van der Waals surface area contributed by atoms with E-state index < -0.39 is 6.10 Å². The van der Waals surface area contributed by atoms with Crippen molar-refractivity contribution in [1.82, 2.24) is 15.2 Å². The van der Waals surface area contributed by atoms with Crippen molar-refractivity contribution in [3.05, 3.63) is 47.0 Å². The smallest absolute Gasteiger partial charge is 0.246 e. The average molecular weight is 316 g/mol. The van der Waals surface area contributed by atoms with Crippen molar-refractivity contribution in [2.24, 2.45) is 0 Å². The van der Waals surface area contributed by atoms with Gasteiger partial charge in [-0.25, -0.2) is 9.37 Å². The van der Waals surface area contributed by atoms with E-state index in [1.807, 2.05) is 18.7 Å². The first-order valence-electron chi connectivity index (χ1n) is 8.05. The molecular formula is C17H21FN4O. The zero-order valence-corrected chi connectivity index (χ0v) is 13.4. The third-order valence-corrected chi connectivity index (χ3v) is 4.29. The van der Waals surface area contributed by atoms with Gasteiger partial charge < -0.3 is 10.0 Å². The van der Waals surface area contributed by atoms with Gasteiger partial charge in [0.15, 0.2) is 0 Å². The Bertz CT molecular complexity index is 677. The van der Waals surface area contributed by atoms with Gasteiger partial charge in [0.1, 0.15) is 5.82 Å². The molecule has 1 N–H and O–H groups in total. The van der Waals surface area contributed by atoms with Gasteiger partial charge in [-0.05, 0) is 37.0 Å². The van der Waals surface area contributed by atoms with Crippen LogP contribution in [0.5, 0.6) is 0 Å². The highest BCUT2D eigenvalue weighted by Gasteiger charge is 2.34. The minimum atomic E-state index is -0.454. The van der Waals surface area contributed by atoms with Gasteiger partial charge in [0, 0.05) is 6.54 Å². The summed E-state index contributed by atoms with van der Waals surface area (Å²) in [5.41, 5.74) is 2.80. The van der Waals surface area contributed by atoms with Gasteiger partial charge in [0.2, 0.25) is 5.95 Å². The number of hydrogen-bond acceptors (Lipinski definition) is 5. The number of aromatic nitrogens is 3. The van der Waals surface area contributed by atoms with E-state index in [4.69, 9.17) is 0 Å². The highest BCUT2D eigenvalue weighted by Crippen LogP contribution is 2.34. The Kier molecular flexibility index (Phi) is 4.52. The maximum atomic E-state index is 13.2. The first-order valence-corrected chi connectivity index (χ1v) is 8.05. The SMILES string of the molecule is CCc1nnc(N2C[C@@H](O)C[C@@H]2c2ccc(F)cc2)nc1CC. The molecule has 6 heteroatoms. The first kappa shape index (κ1) is 15.8. The van der Waals surface area contributed by atoms with Crippen molar-refractivity contribution in [3.63, 3.8) is 0 Å². The normalized spacial score (nSPS) is 21.0. The topological polar surface area (TPSA) is 62.1 Å². The second kappa shape index (κ2) is 6.58. The quantitative estimate of drug-likeness (QED) is 0.939. The molecule has 0 unspecified atom stereocenters. The molecule has 2 atom stereocenters. The lowest BCUT2D eigenvalue weighted by Crippen LogP contribution is -2.27. The van der Waals surface area contributed by atoms with Gasteiger partial charge in [-0.2, -0.15) is 5.10 Å². The molecule has 0 aliphatic carbocycles. The second-order valence-electron chi connectivity index (χ2n) is 5.82. The van der Waals surface area contributed by atoms with Crippen molar-refractivity contribution >= 4 is 5.95 Å². The summed E-state index contributed by atoms with van der Waals surface area (Å²) >= 11 is 0. The Morgan fingerprint density at radius 2 is 1.83 bits per heavy atom. The number of aliphatic hydroxyl groups is 1. The van der Waals surface area contributed by atoms with Crippen LogP contribution in [0.3, 0.4) is 0 Å². The van der Waals surface area contributed by atoms with Crippen molar-refractivity contribution in [1.29, 1.82) is 0 Å². The van der Waals surface area contributed by atoms with Crippen LogP contribution in [0, 0.1) is 5.82 Å². The van der Waals surface area contributed by atoms with E-state index in [0.29, 0.717) is 18.9 Å². The summed E-state index contributed by atoms with van der Waals surface area (Å²) in [5.74, 6) is 0.266. The molecule has 1 aliphatic heterocycles. The standard InChI is InChI=1S/C17H21FN4O/c1-3-14-15(4-2)20-21-17(19-14)22-10-13(23)9-16(22)11-5-7-12(18)8-6-11/h5-8,13,16,23H,3-4,9-10H2,1-2H3/t13-,16+/m0/s1. The van der Waals surface area contributed by atoms with Gasteiger partial charge in [0.25, 0.3) is 0 Å². The second-order valence-corrected chi connectivity index (χ2v) is 5.82. The molecule has 0 saturated carbocycles. The third-order valence-electron chi connectivity index (χ3n) is 4.29. The molecule has 2 heterocycles. The Morgan fingerprint density at radius 3 is 2.48 bits per heavy atom. The molecular weight excluding hydrogens is 295 g/mol. The van der Waals surface area contributed by atoms with Gasteiger partial charge in [-0.15, -0.1) is 5.10 Å². The lowest BCUT2D eigenvalue weighted by atomic mass is 10.0. The zero-order valence-electron chi connectivity index (χ0n) is 13.4. The van der Waals surface area contributed by atoms with Crippen LogP contribution in [0.25, 0.3) is 0 Å². The van der Waals surface area contributed by atoms with E-state index in [9.17, 15) is 9.50 Å². The highest BCUT2D eigenvalue weighted by atomic mass is 19.1. The molecule has 0 spiro atoms. The molecule has 23 heavy (non-hydrogen) atoms. The van der Waals surface area contributed by atoms with Crippen molar-refractivity contribution in [2.75, 3.05) is 11.4 Å². The molecule has 1 aliphatic rings. The number of nitrogens with zero attached hydrogens (tertiary/aromatic N) is 4. The average Bonchev–Trinajstić information content (AvgIpc) is 2.96. The fourth-order valence-corrected chi connectivity index (χ4v) is 3.09. The van der Waals surface area contributed by atoms with Crippen molar-refractivity contribution in [2.45, 2.75) is 45.3 Å². The predicted octanol–water partition coefficient (Wildman–Crippen LogP) is 2.45. The van der Waals surface area contributed by atoms with Gasteiger partial charge >= 0.3 is 0 Å². The molecule has 0 amide bonds. The van der Waals surface area contributed by atoms with E-state index in [1.54, 1.807) is 12.1 Å². The third kappa shape index (κ3) is 3.17. The minimum absolute atomic E-state index is 0.0652. The Labute approximate surface area is 135 Å². The molecule has 122 valence electrons. The lowest BCUT2D eigenvalue weighted by molar-refractivity contribution is 0.194. The van der Waals surface area contributed by atoms with Gasteiger partial charge in [-0.1, -0.05) is 26.0 Å². The summed E-state index contributed by atoms with van der Waals surface area (Å²) in [4.78, 5) is 6.60. The van der Waals surface area contributed by atoms with Crippen molar-refractivity contribution in [3.8, 4) is 0 Å². The molecule has 2 aromatic rings. The molecule has 0 bridgehead atoms. The molecule has 1 fully saturated rings. The molecule has 3 rings (SSSR count). The maximum Gasteiger partial charge on any atom is 0.246 e. The van der Waals surface area contributed by atoms with E-state index in [-0.39, 0.29) is 11.9 Å². The van der Waals surface area contributed by atoms with Crippen LogP contribution < -0.4 is 4.90 Å². The number of β-amino-alcohol motifs (C(OH)–C–C–N with tert-alkyl or cyclic N) is 1. The highest BCUT2D eigenvalue weighted by molar-refractivity contribution is 5.39. The number of halogens is 1. The van der Waals surface area contributed by atoms with E-state index in [1.165, 1.54) is 12.1 Å².